The van der Waals surface area contributed by atoms with Crippen molar-refractivity contribution in [1.29, 1.82) is 0 Å². The molecule has 1 heterocycles. The highest BCUT2D eigenvalue weighted by atomic mass is 16.3. The third-order valence-electron chi connectivity index (χ3n) is 1.70. The number of aryl methyl sites for hydroxylation is 1. The number of aromatic hydroxyl groups is 2. The molecule has 0 radical (unpaired) electrons. The van der Waals surface area contributed by atoms with E-state index in [0.29, 0.717) is 12.0 Å². The quantitative estimate of drug-likeness (QED) is 0.606. The molecule has 0 aliphatic carbocycles. The number of pyridine rings is 1. The third kappa shape index (κ3) is 1.69. The van der Waals surface area contributed by atoms with E-state index in [-0.39, 0.29) is 11.4 Å². The molecule has 1 amide bonds. The maximum absolute atomic E-state index is 10.9. The first-order valence-corrected chi connectivity index (χ1v) is 3.78. The standard InChI is InChI=1S/C8H10N2O3/c1-2-4-3-5(11)10-8(13)6(4)7(9)12/h3H,2H2,1H3,(H2,9,12)(H2,10,11,13). The molecule has 1 aromatic heterocycles. The van der Waals surface area contributed by atoms with Gasteiger partial charge in [-0.3, -0.25) is 4.79 Å². The fraction of sp³-hybridized carbons (Fsp3) is 0.250. The summed E-state index contributed by atoms with van der Waals surface area (Å²) in [6.07, 6.45) is 0.488. The van der Waals surface area contributed by atoms with Crippen LogP contribution < -0.4 is 5.73 Å². The van der Waals surface area contributed by atoms with Gasteiger partial charge in [-0.15, -0.1) is 0 Å². The van der Waals surface area contributed by atoms with E-state index >= 15 is 0 Å². The molecule has 0 atom stereocenters. The largest absolute Gasteiger partial charge is 0.493 e. The van der Waals surface area contributed by atoms with Crippen LogP contribution in [0, 0.1) is 0 Å². The summed E-state index contributed by atoms with van der Waals surface area (Å²) in [6.45, 7) is 1.78. The zero-order valence-corrected chi connectivity index (χ0v) is 7.11. The SMILES string of the molecule is CCc1cc(O)nc(O)c1C(N)=O. The molecular formula is C8H10N2O3. The van der Waals surface area contributed by atoms with Crippen molar-refractivity contribution < 1.29 is 15.0 Å². The summed E-state index contributed by atoms with van der Waals surface area (Å²) in [5.74, 6) is -1.59. The molecule has 0 aliphatic heterocycles. The number of hydrogen-bond acceptors (Lipinski definition) is 4. The van der Waals surface area contributed by atoms with Crippen LogP contribution in [-0.2, 0) is 6.42 Å². The van der Waals surface area contributed by atoms with Crippen LogP contribution in [0.1, 0.15) is 22.8 Å². The Morgan fingerprint density at radius 3 is 2.69 bits per heavy atom. The van der Waals surface area contributed by atoms with Gasteiger partial charge in [0.05, 0.1) is 0 Å². The van der Waals surface area contributed by atoms with E-state index in [1.807, 2.05) is 0 Å². The highest BCUT2D eigenvalue weighted by Gasteiger charge is 2.15. The van der Waals surface area contributed by atoms with Crippen molar-refractivity contribution in [2.75, 3.05) is 0 Å². The first-order valence-electron chi connectivity index (χ1n) is 3.78. The minimum Gasteiger partial charge on any atom is -0.493 e. The van der Waals surface area contributed by atoms with Gasteiger partial charge < -0.3 is 15.9 Å². The average molecular weight is 182 g/mol. The lowest BCUT2D eigenvalue weighted by Gasteiger charge is -2.05. The third-order valence-corrected chi connectivity index (χ3v) is 1.70. The number of nitrogens with zero attached hydrogens (tertiary/aromatic N) is 1. The van der Waals surface area contributed by atoms with Gasteiger partial charge in [0.25, 0.3) is 5.91 Å². The van der Waals surface area contributed by atoms with Crippen molar-refractivity contribution in [3.63, 3.8) is 0 Å². The Labute approximate surface area is 74.8 Å². The minimum atomic E-state index is -0.748. The smallest absolute Gasteiger partial charge is 0.254 e. The van der Waals surface area contributed by atoms with Crippen LogP contribution in [0.2, 0.25) is 0 Å². The maximum Gasteiger partial charge on any atom is 0.254 e. The summed E-state index contributed by atoms with van der Waals surface area (Å²) in [5.41, 5.74) is 5.48. The molecular weight excluding hydrogens is 172 g/mol. The number of aromatic nitrogens is 1. The van der Waals surface area contributed by atoms with E-state index in [9.17, 15) is 9.90 Å². The molecule has 0 aromatic carbocycles. The van der Waals surface area contributed by atoms with E-state index < -0.39 is 11.8 Å². The Morgan fingerprint density at radius 2 is 2.23 bits per heavy atom. The van der Waals surface area contributed by atoms with Crippen molar-refractivity contribution in [2.24, 2.45) is 5.73 Å². The van der Waals surface area contributed by atoms with Crippen molar-refractivity contribution >= 4 is 5.91 Å². The molecule has 0 saturated heterocycles. The lowest BCUT2D eigenvalue weighted by atomic mass is 10.1. The van der Waals surface area contributed by atoms with Crippen LogP contribution in [0.5, 0.6) is 11.8 Å². The molecule has 1 aromatic rings. The Morgan fingerprint density at radius 1 is 1.62 bits per heavy atom. The van der Waals surface area contributed by atoms with E-state index in [1.54, 1.807) is 6.92 Å². The number of nitrogens with two attached hydrogens (primary N) is 1. The average Bonchev–Trinajstić information content (AvgIpc) is 2.01. The summed E-state index contributed by atoms with van der Waals surface area (Å²) in [6, 6.07) is 1.31. The zero-order chi connectivity index (χ0) is 10.0. The van der Waals surface area contributed by atoms with E-state index in [0.717, 1.165) is 0 Å². The van der Waals surface area contributed by atoms with Gasteiger partial charge in [0, 0.05) is 6.07 Å². The normalized spacial score (nSPS) is 9.92. The number of carbonyl (C=O) groups excluding carboxylic acids is 1. The van der Waals surface area contributed by atoms with Gasteiger partial charge in [-0.05, 0) is 12.0 Å². The number of amides is 1. The molecule has 0 aliphatic rings. The van der Waals surface area contributed by atoms with Crippen molar-refractivity contribution in [3.05, 3.63) is 17.2 Å². The molecule has 5 heteroatoms. The molecule has 0 fully saturated rings. The Kier molecular flexibility index (Phi) is 2.36. The second kappa shape index (κ2) is 3.30. The maximum atomic E-state index is 10.9. The molecule has 1 rings (SSSR count). The van der Waals surface area contributed by atoms with E-state index in [4.69, 9.17) is 10.8 Å². The van der Waals surface area contributed by atoms with Crippen molar-refractivity contribution in [1.82, 2.24) is 4.98 Å². The van der Waals surface area contributed by atoms with Crippen LogP contribution in [0.15, 0.2) is 6.07 Å². The van der Waals surface area contributed by atoms with Gasteiger partial charge in [-0.25, -0.2) is 0 Å². The van der Waals surface area contributed by atoms with Gasteiger partial charge in [0.1, 0.15) is 5.56 Å². The fourth-order valence-electron chi connectivity index (χ4n) is 1.12. The number of carbonyl (C=O) groups is 1. The first-order chi connectivity index (χ1) is 6.06. The highest BCUT2D eigenvalue weighted by molar-refractivity contribution is 5.96. The molecule has 4 N–H and O–H groups in total. The predicted molar refractivity (Wildman–Crippen MR) is 45.5 cm³/mol. The molecule has 70 valence electrons. The Hall–Kier alpha value is -1.78. The second-order valence-corrected chi connectivity index (χ2v) is 2.56. The van der Waals surface area contributed by atoms with E-state index in [2.05, 4.69) is 4.98 Å². The summed E-state index contributed by atoms with van der Waals surface area (Å²) in [7, 11) is 0. The molecule has 0 bridgehead atoms. The van der Waals surface area contributed by atoms with Crippen LogP contribution in [0.3, 0.4) is 0 Å². The van der Waals surface area contributed by atoms with Crippen molar-refractivity contribution in [3.8, 4) is 11.8 Å². The lowest BCUT2D eigenvalue weighted by Crippen LogP contribution is -2.14. The molecule has 5 nitrogen and oxygen atoms in total. The van der Waals surface area contributed by atoms with E-state index in [1.165, 1.54) is 6.07 Å². The molecule has 0 spiro atoms. The lowest BCUT2D eigenvalue weighted by molar-refractivity contribution is 0.0996. The van der Waals surface area contributed by atoms with Gasteiger partial charge in [0.15, 0.2) is 0 Å². The zero-order valence-electron chi connectivity index (χ0n) is 7.11. The van der Waals surface area contributed by atoms with Gasteiger partial charge in [-0.1, -0.05) is 6.92 Å². The molecule has 0 saturated carbocycles. The highest BCUT2D eigenvalue weighted by Crippen LogP contribution is 2.22. The second-order valence-electron chi connectivity index (χ2n) is 2.56. The summed E-state index contributed by atoms with van der Waals surface area (Å²) in [4.78, 5) is 14.2. The summed E-state index contributed by atoms with van der Waals surface area (Å²) < 4.78 is 0. The van der Waals surface area contributed by atoms with Gasteiger partial charge in [0.2, 0.25) is 11.8 Å². The van der Waals surface area contributed by atoms with Crippen molar-refractivity contribution in [2.45, 2.75) is 13.3 Å². The summed E-state index contributed by atoms with van der Waals surface area (Å²) >= 11 is 0. The monoisotopic (exact) mass is 182 g/mol. The van der Waals surface area contributed by atoms with Crippen LogP contribution in [-0.4, -0.2) is 21.1 Å². The molecule has 13 heavy (non-hydrogen) atoms. The Balaban J connectivity index is 3.38. The van der Waals surface area contributed by atoms with Crippen LogP contribution in [0.4, 0.5) is 0 Å². The van der Waals surface area contributed by atoms with Crippen LogP contribution in [0.25, 0.3) is 0 Å². The van der Waals surface area contributed by atoms with Crippen LogP contribution >= 0.6 is 0 Å². The molecule has 0 unspecified atom stereocenters. The number of rotatable bonds is 2. The number of hydrogen-bond donors (Lipinski definition) is 3. The minimum absolute atomic E-state index is 0.0275. The first kappa shape index (κ1) is 9.31. The fourth-order valence-corrected chi connectivity index (χ4v) is 1.12. The van der Waals surface area contributed by atoms with Gasteiger partial charge in [-0.2, -0.15) is 4.98 Å². The number of primary amides is 1. The summed E-state index contributed by atoms with van der Waals surface area (Å²) in [5, 5.41) is 18.2. The Bertz CT molecular complexity index is 349. The topological polar surface area (TPSA) is 96.4 Å². The van der Waals surface area contributed by atoms with Gasteiger partial charge >= 0.3 is 0 Å². The predicted octanol–water partition coefficient (Wildman–Crippen LogP) is 0.154.